The second kappa shape index (κ2) is 9.35. The van der Waals surface area contributed by atoms with E-state index in [1.165, 1.54) is 6.42 Å². The fraction of sp³-hybridized carbons (Fsp3) is 0.571. The minimum Gasteiger partial charge on any atom is -0.340 e. The molecule has 0 bridgehead atoms. The molecule has 0 spiro atoms. The first-order chi connectivity index (χ1) is 14.6. The molecule has 0 atom stereocenters. The molecule has 0 unspecified atom stereocenters. The van der Waals surface area contributed by atoms with Crippen LogP contribution in [0.3, 0.4) is 0 Å². The smallest absolute Gasteiger partial charge is 0.246 e. The molecule has 1 amide bonds. The van der Waals surface area contributed by atoms with Gasteiger partial charge in [-0.15, -0.1) is 5.10 Å². The van der Waals surface area contributed by atoms with Crippen molar-refractivity contribution in [1.29, 1.82) is 0 Å². The zero-order chi connectivity index (χ0) is 22.8. The molecule has 1 saturated heterocycles. The van der Waals surface area contributed by atoms with Gasteiger partial charge < -0.3 is 4.90 Å². The minimum atomic E-state index is -3.73. The molecule has 1 aliphatic rings. The van der Waals surface area contributed by atoms with Crippen LogP contribution in [0, 0.1) is 34.6 Å². The second-order valence-corrected chi connectivity index (χ2v) is 9.89. The molecular weight excluding hydrogens is 416 g/mol. The van der Waals surface area contributed by atoms with Gasteiger partial charge in [0.2, 0.25) is 27.8 Å². The minimum absolute atomic E-state index is 0.00780. The summed E-state index contributed by atoms with van der Waals surface area (Å²) >= 11 is 0. The summed E-state index contributed by atoms with van der Waals surface area (Å²) in [7, 11) is -3.73. The molecule has 2 heterocycles. The molecule has 1 aromatic carbocycles. The van der Waals surface area contributed by atoms with Crippen LogP contribution < -0.4 is 14.9 Å². The van der Waals surface area contributed by atoms with E-state index in [2.05, 4.69) is 30.1 Å². The van der Waals surface area contributed by atoms with Crippen LogP contribution in [-0.2, 0) is 14.8 Å². The number of hydrogen-bond donors (Lipinski definition) is 3. The molecule has 1 aromatic heterocycles. The van der Waals surface area contributed by atoms with Gasteiger partial charge in [-0.1, -0.05) is 0 Å². The van der Waals surface area contributed by atoms with E-state index in [9.17, 15) is 13.2 Å². The van der Waals surface area contributed by atoms with Crippen molar-refractivity contribution in [3.8, 4) is 0 Å². The summed E-state index contributed by atoms with van der Waals surface area (Å²) in [5.74, 6) is 0.505. The Bertz CT molecular complexity index is 1040. The lowest BCUT2D eigenvalue weighted by Crippen LogP contribution is -2.30. The number of aromatic amines is 1. The molecule has 3 N–H and O–H groups in total. The predicted octanol–water partition coefficient (Wildman–Crippen LogP) is 2.64. The lowest BCUT2D eigenvalue weighted by Gasteiger charge is -2.24. The topological polar surface area (TPSA) is 120 Å². The van der Waals surface area contributed by atoms with E-state index in [4.69, 9.17) is 0 Å². The van der Waals surface area contributed by atoms with Gasteiger partial charge in [-0.25, -0.2) is 18.2 Å². The number of carbonyl (C=O) groups excluding carboxylic acids is 1. The summed E-state index contributed by atoms with van der Waals surface area (Å²) in [6.07, 6.45) is 3.41. The number of piperidine rings is 1. The lowest BCUT2D eigenvalue weighted by atomic mass is 9.95. The van der Waals surface area contributed by atoms with Crippen LogP contribution in [0.2, 0.25) is 0 Å². The molecule has 1 aliphatic heterocycles. The van der Waals surface area contributed by atoms with E-state index < -0.39 is 10.0 Å². The third-order valence-electron chi connectivity index (χ3n) is 6.21. The van der Waals surface area contributed by atoms with Crippen molar-refractivity contribution in [2.45, 2.75) is 65.2 Å². The molecule has 0 radical (unpaired) electrons. The van der Waals surface area contributed by atoms with E-state index in [1.54, 1.807) is 0 Å². The Hall–Kier alpha value is -2.46. The molecule has 2 aromatic rings. The van der Waals surface area contributed by atoms with Crippen LogP contribution in [0.5, 0.6) is 0 Å². The molecule has 0 aliphatic carbocycles. The number of sulfonamides is 1. The third-order valence-corrected chi connectivity index (χ3v) is 7.95. The summed E-state index contributed by atoms with van der Waals surface area (Å²) in [5, 5.41) is 9.53. The van der Waals surface area contributed by atoms with Crippen LogP contribution in [-0.4, -0.2) is 49.1 Å². The highest BCUT2D eigenvalue weighted by molar-refractivity contribution is 7.89. The van der Waals surface area contributed by atoms with Gasteiger partial charge in [0.1, 0.15) is 0 Å². The Morgan fingerprint density at radius 1 is 0.968 bits per heavy atom. The number of nitrogens with one attached hydrogen (secondary N) is 3. The van der Waals surface area contributed by atoms with Crippen LogP contribution in [0.1, 0.15) is 53.5 Å². The first kappa shape index (κ1) is 23.2. The highest BCUT2D eigenvalue weighted by Crippen LogP contribution is 2.29. The summed E-state index contributed by atoms with van der Waals surface area (Å²) < 4.78 is 28.4. The van der Waals surface area contributed by atoms with Crippen molar-refractivity contribution in [3.05, 3.63) is 27.8 Å². The van der Waals surface area contributed by atoms with Crippen molar-refractivity contribution in [3.63, 3.8) is 0 Å². The zero-order valence-electron chi connectivity index (χ0n) is 18.9. The van der Waals surface area contributed by atoms with Gasteiger partial charge in [-0.2, -0.15) is 4.98 Å². The molecule has 3 rings (SSSR count). The lowest BCUT2D eigenvalue weighted by molar-refractivity contribution is -0.116. The maximum absolute atomic E-state index is 12.9. The standard InChI is InChI=1S/C21H32N6O3S/c1-13-14(2)16(4)19(17(5)15(13)3)31(29,30)22-10-9-18(28)23-20-24-21(26-25-20)27-11-7-6-8-12-27/h22H,6-12H2,1-5H3,(H2,23,24,25,26,28). The maximum atomic E-state index is 12.9. The molecule has 170 valence electrons. The average Bonchev–Trinajstić information content (AvgIpc) is 3.19. The normalized spacial score (nSPS) is 14.7. The Balaban J connectivity index is 1.59. The number of H-pyrrole nitrogens is 1. The Kier molecular flexibility index (Phi) is 7.00. The number of nitrogens with zero attached hydrogens (tertiary/aromatic N) is 3. The third kappa shape index (κ3) is 5.07. The monoisotopic (exact) mass is 448 g/mol. The van der Waals surface area contributed by atoms with Crippen LogP contribution in [0.4, 0.5) is 11.9 Å². The van der Waals surface area contributed by atoms with Crippen molar-refractivity contribution in [2.75, 3.05) is 29.9 Å². The van der Waals surface area contributed by atoms with Gasteiger partial charge in [-0.05, 0) is 81.7 Å². The van der Waals surface area contributed by atoms with E-state index >= 15 is 0 Å². The predicted molar refractivity (Wildman–Crippen MR) is 121 cm³/mol. The zero-order valence-corrected chi connectivity index (χ0v) is 19.7. The van der Waals surface area contributed by atoms with E-state index in [0.29, 0.717) is 10.8 Å². The van der Waals surface area contributed by atoms with Gasteiger partial charge in [0.15, 0.2) is 0 Å². The summed E-state index contributed by atoms with van der Waals surface area (Å²) in [6, 6.07) is 0. The number of benzene rings is 1. The van der Waals surface area contributed by atoms with Crippen LogP contribution in [0.15, 0.2) is 4.90 Å². The summed E-state index contributed by atoms with van der Waals surface area (Å²) in [4.78, 5) is 19.0. The highest BCUT2D eigenvalue weighted by atomic mass is 32.2. The fourth-order valence-corrected chi connectivity index (χ4v) is 5.61. The van der Waals surface area contributed by atoms with E-state index in [-0.39, 0.29) is 24.8 Å². The number of anilines is 2. The van der Waals surface area contributed by atoms with Crippen LogP contribution in [0.25, 0.3) is 0 Å². The van der Waals surface area contributed by atoms with Crippen molar-refractivity contribution >= 4 is 27.8 Å². The number of carbonyl (C=O) groups is 1. The molecule has 1 fully saturated rings. The Morgan fingerprint density at radius 3 is 2.16 bits per heavy atom. The van der Waals surface area contributed by atoms with Gasteiger partial charge in [0, 0.05) is 26.1 Å². The first-order valence-electron chi connectivity index (χ1n) is 10.7. The number of aromatic nitrogens is 3. The van der Waals surface area contributed by atoms with Crippen molar-refractivity contribution in [2.24, 2.45) is 0 Å². The van der Waals surface area contributed by atoms with Crippen molar-refractivity contribution in [1.82, 2.24) is 19.9 Å². The number of rotatable bonds is 7. The van der Waals surface area contributed by atoms with Gasteiger partial charge in [0.05, 0.1) is 4.90 Å². The Morgan fingerprint density at radius 2 is 1.55 bits per heavy atom. The quantitative estimate of drug-likeness (QED) is 0.599. The Labute approximate surface area is 184 Å². The largest absolute Gasteiger partial charge is 0.340 e. The average molecular weight is 449 g/mol. The number of amides is 1. The first-order valence-corrected chi connectivity index (χ1v) is 12.1. The highest BCUT2D eigenvalue weighted by Gasteiger charge is 2.23. The van der Waals surface area contributed by atoms with E-state index in [0.717, 1.165) is 53.7 Å². The fourth-order valence-electron chi connectivity index (χ4n) is 3.98. The van der Waals surface area contributed by atoms with Crippen LogP contribution >= 0.6 is 0 Å². The molecular formula is C21H32N6O3S. The molecule has 31 heavy (non-hydrogen) atoms. The van der Waals surface area contributed by atoms with Gasteiger partial charge in [-0.3, -0.25) is 10.1 Å². The van der Waals surface area contributed by atoms with Gasteiger partial charge in [0.25, 0.3) is 0 Å². The second-order valence-electron chi connectivity index (χ2n) is 8.18. The molecule has 0 saturated carbocycles. The van der Waals surface area contributed by atoms with Gasteiger partial charge >= 0.3 is 0 Å². The summed E-state index contributed by atoms with van der Waals surface area (Å²) in [6.45, 7) is 11.3. The SMILES string of the molecule is Cc1c(C)c(C)c(S(=O)(=O)NCCC(=O)Nc2nc(N3CCCCC3)n[nH]2)c(C)c1C. The summed E-state index contributed by atoms with van der Waals surface area (Å²) in [5.41, 5.74) is 4.52. The van der Waals surface area contributed by atoms with Crippen molar-refractivity contribution < 1.29 is 13.2 Å². The van der Waals surface area contributed by atoms with E-state index in [1.807, 2.05) is 34.6 Å². The number of hydrogen-bond acceptors (Lipinski definition) is 6. The molecule has 9 nitrogen and oxygen atoms in total. The maximum Gasteiger partial charge on any atom is 0.246 e. The molecule has 10 heteroatoms.